The summed E-state index contributed by atoms with van der Waals surface area (Å²) in [4.78, 5) is 14.1. The molecule has 0 radical (unpaired) electrons. The number of hydrogen-bond donors (Lipinski definition) is 2. The summed E-state index contributed by atoms with van der Waals surface area (Å²) in [5.41, 5.74) is 1.41. The van der Waals surface area contributed by atoms with Crippen LogP contribution in [0.15, 0.2) is 30.3 Å². The molecule has 1 saturated heterocycles. The van der Waals surface area contributed by atoms with Crippen molar-refractivity contribution in [3.8, 4) is 6.07 Å². The topological polar surface area (TPSA) is 102 Å². The molecule has 8 heteroatoms. The number of hydrogen-bond acceptors (Lipinski definition) is 6. The van der Waals surface area contributed by atoms with Gasteiger partial charge in [-0.2, -0.15) is 5.26 Å². The molecule has 1 aromatic heterocycles. The Labute approximate surface area is 162 Å². The number of nitrogens with one attached hydrogen (secondary N) is 1. The van der Waals surface area contributed by atoms with Gasteiger partial charge in [0.25, 0.3) is 0 Å². The lowest BCUT2D eigenvalue weighted by molar-refractivity contribution is -0.121. The van der Waals surface area contributed by atoms with Crippen LogP contribution in [0, 0.1) is 17.1 Å². The van der Waals surface area contributed by atoms with Crippen LogP contribution in [0.2, 0.25) is 0 Å². The quantitative estimate of drug-likeness (QED) is 0.812. The predicted molar refractivity (Wildman–Crippen MR) is 101 cm³/mol. The average molecular weight is 383 g/mol. The summed E-state index contributed by atoms with van der Waals surface area (Å²) < 4.78 is 14.2. The van der Waals surface area contributed by atoms with Gasteiger partial charge >= 0.3 is 0 Å². The molecule has 1 amide bonds. The lowest BCUT2D eigenvalue weighted by Crippen LogP contribution is -2.43. The number of halogens is 1. The smallest absolute Gasteiger partial charge is 0.224 e. The number of aliphatic hydroxyl groups excluding tert-OH is 1. The lowest BCUT2D eigenvalue weighted by atomic mass is 10.00. The number of nitriles is 1. The highest BCUT2D eigenvalue weighted by atomic mass is 19.1. The molecule has 7 nitrogen and oxygen atoms in total. The number of β-amino-alcohol motifs (C(OH)–C–C–N with tert-alkyl or cyclic N) is 1. The van der Waals surface area contributed by atoms with Gasteiger partial charge in [0.15, 0.2) is 11.5 Å². The Morgan fingerprint density at radius 3 is 2.75 bits per heavy atom. The van der Waals surface area contributed by atoms with Gasteiger partial charge in [-0.15, -0.1) is 10.2 Å². The van der Waals surface area contributed by atoms with Crippen molar-refractivity contribution in [3.05, 3.63) is 53.0 Å². The number of nitrogens with zero attached hydrogens (tertiary/aromatic N) is 4. The number of aliphatic hydroxyl groups is 1. The van der Waals surface area contributed by atoms with Gasteiger partial charge < -0.3 is 15.3 Å². The van der Waals surface area contributed by atoms with E-state index in [1.807, 2.05) is 26.0 Å². The molecule has 1 aromatic carbocycles. The van der Waals surface area contributed by atoms with E-state index >= 15 is 0 Å². The van der Waals surface area contributed by atoms with Crippen LogP contribution in [-0.2, 0) is 11.2 Å². The molecule has 1 aliphatic rings. The van der Waals surface area contributed by atoms with Crippen molar-refractivity contribution in [1.29, 1.82) is 5.26 Å². The van der Waals surface area contributed by atoms with Crippen LogP contribution in [0.3, 0.4) is 0 Å². The fourth-order valence-corrected chi connectivity index (χ4v) is 3.17. The van der Waals surface area contributed by atoms with Gasteiger partial charge in [0.05, 0.1) is 18.6 Å². The van der Waals surface area contributed by atoms with E-state index < -0.39 is 18.0 Å². The maximum absolute atomic E-state index is 14.2. The largest absolute Gasteiger partial charge is 0.389 e. The number of anilines is 1. The molecule has 0 bridgehead atoms. The van der Waals surface area contributed by atoms with Crippen LogP contribution in [0.25, 0.3) is 0 Å². The van der Waals surface area contributed by atoms with E-state index in [4.69, 9.17) is 5.26 Å². The number of aromatic nitrogens is 2. The molecule has 146 valence electrons. The number of benzene rings is 1. The molecule has 0 aliphatic carbocycles. The van der Waals surface area contributed by atoms with Crippen LogP contribution in [-0.4, -0.2) is 46.4 Å². The molecule has 3 rings (SSSR count). The zero-order valence-electron chi connectivity index (χ0n) is 15.8. The van der Waals surface area contributed by atoms with Gasteiger partial charge in [-0.25, -0.2) is 4.39 Å². The van der Waals surface area contributed by atoms with E-state index in [0.717, 1.165) is 5.56 Å². The summed E-state index contributed by atoms with van der Waals surface area (Å²) in [5, 5.41) is 29.5. The van der Waals surface area contributed by atoms with Crippen LogP contribution >= 0.6 is 0 Å². The molecule has 1 aliphatic heterocycles. The van der Waals surface area contributed by atoms with E-state index in [2.05, 4.69) is 15.5 Å². The molecule has 0 saturated carbocycles. The van der Waals surface area contributed by atoms with Gasteiger partial charge in [0.2, 0.25) is 5.91 Å². The van der Waals surface area contributed by atoms with Crippen LogP contribution < -0.4 is 10.2 Å². The summed E-state index contributed by atoms with van der Waals surface area (Å²) in [7, 11) is 0. The minimum absolute atomic E-state index is 0.0932. The van der Waals surface area contributed by atoms with E-state index in [-0.39, 0.29) is 30.5 Å². The highest BCUT2D eigenvalue weighted by Crippen LogP contribution is 2.20. The molecule has 0 unspecified atom stereocenters. The van der Waals surface area contributed by atoms with Gasteiger partial charge in [-0.1, -0.05) is 26.0 Å². The molecule has 1 fully saturated rings. The monoisotopic (exact) mass is 383 g/mol. The SMILES string of the molecule is CC(C)c1ccc(CC(=O)N[C@@H]2CN(c3ccc(C#N)nn3)C[C@H]2O)c(F)c1. The summed E-state index contributed by atoms with van der Waals surface area (Å²) in [6.07, 6.45) is -0.876. The first-order valence-electron chi connectivity index (χ1n) is 9.12. The highest BCUT2D eigenvalue weighted by Gasteiger charge is 2.33. The van der Waals surface area contributed by atoms with Crippen molar-refractivity contribution in [1.82, 2.24) is 15.5 Å². The van der Waals surface area contributed by atoms with E-state index in [1.165, 1.54) is 6.07 Å². The van der Waals surface area contributed by atoms with Crippen molar-refractivity contribution >= 4 is 11.7 Å². The second-order valence-corrected chi connectivity index (χ2v) is 7.22. The standard InChI is InChI=1S/C20H22FN5O2/c1-12(2)13-3-4-14(16(21)7-13)8-20(28)23-17-10-26(11-18(17)27)19-6-5-15(9-22)24-25-19/h3-7,12,17-18,27H,8,10-11H2,1-2H3,(H,23,28)/t17-,18-/m1/s1. The maximum Gasteiger partial charge on any atom is 0.224 e. The third-order valence-corrected chi connectivity index (χ3v) is 4.82. The second kappa shape index (κ2) is 8.31. The Balaban J connectivity index is 1.60. The van der Waals surface area contributed by atoms with Crippen molar-refractivity contribution in [2.24, 2.45) is 0 Å². The minimum Gasteiger partial charge on any atom is -0.389 e. The average Bonchev–Trinajstić information content (AvgIpc) is 3.03. The Hall–Kier alpha value is -3.05. The summed E-state index contributed by atoms with van der Waals surface area (Å²) in [6.45, 7) is 4.59. The molecule has 2 aromatic rings. The first-order chi connectivity index (χ1) is 13.4. The number of carbonyl (C=O) groups excluding carboxylic acids is 1. The number of amides is 1. The highest BCUT2D eigenvalue weighted by molar-refractivity contribution is 5.79. The first-order valence-corrected chi connectivity index (χ1v) is 9.12. The molecule has 2 N–H and O–H groups in total. The van der Waals surface area contributed by atoms with Gasteiger partial charge in [0.1, 0.15) is 11.9 Å². The van der Waals surface area contributed by atoms with Gasteiger partial charge in [-0.3, -0.25) is 4.79 Å². The molecule has 2 heterocycles. The minimum atomic E-state index is -0.783. The number of carbonyl (C=O) groups is 1. The number of rotatable bonds is 5. The molecule has 2 atom stereocenters. The molecule has 0 spiro atoms. The van der Waals surface area contributed by atoms with Crippen molar-refractivity contribution in [2.45, 2.75) is 38.3 Å². The molecule has 28 heavy (non-hydrogen) atoms. The van der Waals surface area contributed by atoms with Crippen LogP contribution in [0.1, 0.15) is 36.6 Å². The van der Waals surface area contributed by atoms with Crippen molar-refractivity contribution in [3.63, 3.8) is 0 Å². The summed E-state index contributed by atoms with van der Waals surface area (Å²) in [6, 6.07) is 9.51. The van der Waals surface area contributed by atoms with E-state index in [9.17, 15) is 14.3 Å². The summed E-state index contributed by atoms with van der Waals surface area (Å²) >= 11 is 0. The third kappa shape index (κ3) is 4.43. The fourth-order valence-electron chi connectivity index (χ4n) is 3.17. The van der Waals surface area contributed by atoms with Crippen molar-refractivity contribution < 1.29 is 14.3 Å². The molecular weight excluding hydrogens is 361 g/mol. The second-order valence-electron chi connectivity index (χ2n) is 7.22. The van der Waals surface area contributed by atoms with Crippen LogP contribution in [0.5, 0.6) is 0 Å². The zero-order chi connectivity index (χ0) is 20.3. The first kappa shape index (κ1) is 19.7. The lowest BCUT2D eigenvalue weighted by Gasteiger charge is -2.17. The molecular formula is C20H22FN5O2. The Bertz CT molecular complexity index is 894. The van der Waals surface area contributed by atoms with Crippen molar-refractivity contribution in [2.75, 3.05) is 18.0 Å². The fraction of sp³-hybridized carbons (Fsp3) is 0.400. The Kier molecular flexibility index (Phi) is 5.85. The zero-order valence-corrected chi connectivity index (χ0v) is 15.8. The Morgan fingerprint density at radius 2 is 2.14 bits per heavy atom. The van der Waals surface area contributed by atoms with E-state index in [1.54, 1.807) is 23.1 Å². The van der Waals surface area contributed by atoms with Gasteiger partial charge in [-0.05, 0) is 35.2 Å². The van der Waals surface area contributed by atoms with E-state index in [0.29, 0.717) is 17.9 Å². The maximum atomic E-state index is 14.2. The van der Waals surface area contributed by atoms with Crippen LogP contribution in [0.4, 0.5) is 10.2 Å². The normalized spacial score (nSPS) is 18.9. The third-order valence-electron chi connectivity index (χ3n) is 4.82. The predicted octanol–water partition coefficient (Wildman–Crippen LogP) is 1.52. The summed E-state index contributed by atoms with van der Waals surface area (Å²) in [5.74, 6) is -0.0248. The van der Waals surface area contributed by atoms with Gasteiger partial charge in [0, 0.05) is 13.1 Å². The Morgan fingerprint density at radius 1 is 1.36 bits per heavy atom.